The Morgan fingerprint density at radius 1 is 1.24 bits per heavy atom. The van der Waals surface area contributed by atoms with Gasteiger partial charge in [0.1, 0.15) is 5.15 Å². The summed E-state index contributed by atoms with van der Waals surface area (Å²) >= 11 is 11.9. The van der Waals surface area contributed by atoms with E-state index in [1.807, 2.05) is 12.3 Å². The standard InChI is InChI=1S/C12H15Cl2N3/c13-11-5-10(6-15-12(11)14)17-4-3-8-1-2-9(7-17)16-8/h5-6,8-9,16H,1-4,7H2/t8-,9+/m0/s1. The molecule has 0 aliphatic carbocycles. The normalized spacial score (nSPS) is 28.2. The third-order valence-electron chi connectivity index (χ3n) is 3.67. The van der Waals surface area contributed by atoms with Crippen molar-refractivity contribution in [2.75, 3.05) is 18.0 Å². The van der Waals surface area contributed by atoms with Crippen molar-refractivity contribution in [3.63, 3.8) is 0 Å². The van der Waals surface area contributed by atoms with Crippen molar-refractivity contribution in [2.45, 2.75) is 31.3 Å². The van der Waals surface area contributed by atoms with E-state index in [-0.39, 0.29) is 0 Å². The molecule has 2 saturated heterocycles. The maximum absolute atomic E-state index is 6.02. The van der Waals surface area contributed by atoms with Crippen LogP contribution in [0.25, 0.3) is 0 Å². The Morgan fingerprint density at radius 3 is 2.88 bits per heavy atom. The molecule has 92 valence electrons. The van der Waals surface area contributed by atoms with E-state index >= 15 is 0 Å². The van der Waals surface area contributed by atoms with Gasteiger partial charge in [-0.25, -0.2) is 4.98 Å². The number of hydrogen-bond donors (Lipinski definition) is 1. The van der Waals surface area contributed by atoms with Gasteiger partial charge in [0.15, 0.2) is 0 Å². The van der Waals surface area contributed by atoms with Crippen molar-refractivity contribution in [3.05, 3.63) is 22.4 Å². The van der Waals surface area contributed by atoms with Gasteiger partial charge in [-0.3, -0.25) is 0 Å². The molecule has 2 atom stereocenters. The topological polar surface area (TPSA) is 28.2 Å². The number of rotatable bonds is 1. The number of nitrogens with one attached hydrogen (secondary N) is 1. The van der Waals surface area contributed by atoms with Crippen LogP contribution in [0.15, 0.2) is 12.3 Å². The fourth-order valence-corrected chi connectivity index (χ4v) is 3.03. The average molecular weight is 272 g/mol. The third kappa shape index (κ3) is 2.37. The van der Waals surface area contributed by atoms with Gasteiger partial charge in [0.2, 0.25) is 0 Å². The van der Waals surface area contributed by atoms with Crippen molar-refractivity contribution in [1.82, 2.24) is 10.3 Å². The molecule has 5 heteroatoms. The molecule has 3 heterocycles. The molecule has 3 rings (SSSR count). The van der Waals surface area contributed by atoms with Crippen LogP contribution in [0.1, 0.15) is 19.3 Å². The van der Waals surface area contributed by atoms with Crippen molar-refractivity contribution in [2.24, 2.45) is 0 Å². The zero-order valence-corrected chi connectivity index (χ0v) is 11.0. The molecule has 2 bridgehead atoms. The van der Waals surface area contributed by atoms with Gasteiger partial charge in [-0.15, -0.1) is 0 Å². The number of hydrogen-bond acceptors (Lipinski definition) is 3. The Morgan fingerprint density at radius 2 is 2.06 bits per heavy atom. The highest BCUT2D eigenvalue weighted by Crippen LogP contribution is 2.28. The molecule has 0 unspecified atom stereocenters. The zero-order chi connectivity index (χ0) is 11.8. The van der Waals surface area contributed by atoms with Crippen LogP contribution in [0.3, 0.4) is 0 Å². The zero-order valence-electron chi connectivity index (χ0n) is 9.50. The lowest BCUT2D eigenvalue weighted by atomic mass is 10.1. The molecule has 0 saturated carbocycles. The van der Waals surface area contributed by atoms with E-state index in [9.17, 15) is 0 Å². The summed E-state index contributed by atoms with van der Waals surface area (Å²) in [6.45, 7) is 2.10. The van der Waals surface area contributed by atoms with Gasteiger partial charge in [-0.05, 0) is 25.3 Å². The van der Waals surface area contributed by atoms with Gasteiger partial charge < -0.3 is 10.2 Å². The Bertz CT molecular complexity index is 424. The minimum atomic E-state index is 0.380. The number of anilines is 1. The van der Waals surface area contributed by atoms with Crippen LogP contribution in [0.4, 0.5) is 5.69 Å². The van der Waals surface area contributed by atoms with Gasteiger partial charge in [0, 0.05) is 25.2 Å². The number of aromatic nitrogens is 1. The van der Waals surface area contributed by atoms with Crippen LogP contribution < -0.4 is 10.2 Å². The molecular formula is C12H15Cl2N3. The first-order valence-electron chi connectivity index (χ1n) is 6.04. The summed E-state index contributed by atoms with van der Waals surface area (Å²) in [6.07, 6.45) is 5.60. The lowest BCUT2D eigenvalue weighted by molar-refractivity contribution is 0.563. The van der Waals surface area contributed by atoms with Gasteiger partial charge in [0.05, 0.1) is 16.9 Å². The maximum atomic E-state index is 6.02. The Labute approximate surface area is 111 Å². The smallest absolute Gasteiger partial charge is 0.147 e. The maximum Gasteiger partial charge on any atom is 0.147 e. The minimum Gasteiger partial charge on any atom is -0.369 e. The fraction of sp³-hybridized carbons (Fsp3) is 0.583. The van der Waals surface area contributed by atoms with Gasteiger partial charge in [0.25, 0.3) is 0 Å². The Kier molecular flexibility index (Phi) is 3.16. The minimum absolute atomic E-state index is 0.380. The fourth-order valence-electron chi connectivity index (χ4n) is 2.76. The summed E-state index contributed by atoms with van der Waals surface area (Å²) in [5.74, 6) is 0. The predicted octanol–water partition coefficient (Wildman–Crippen LogP) is 2.72. The highest BCUT2D eigenvalue weighted by Gasteiger charge is 2.29. The number of pyridine rings is 1. The van der Waals surface area contributed by atoms with E-state index in [2.05, 4.69) is 15.2 Å². The quantitative estimate of drug-likeness (QED) is 0.797. The first kappa shape index (κ1) is 11.6. The lowest BCUT2D eigenvalue weighted by Gasteiger charge is -2.26. The second-order valence-corrected chi connectivity index (χ2v) is 5.60. The summed E-state index contributed by atoms with van der Waals surface area (Å²) in [5.41, 5.74) is 1.08. The molecule has 0 aromatic carbocycles. The highest BCUT2D eigenvalue weighted by atomic mass is 35.5. The van der Waals surface area contributed by atoms with Crippen LogP contribution in [0.2, 0.25) is 10.2 Å². The number of nitrogens with zero attached hydrogens (tertiary/aromatic N) is 2. The van der Waals surface area contributed by atoms with E-state index < -0.39 is 0 Å². The average Bonchev–Trinajstić information content (AvgIpc) is 2.63. The second-order valence-electron chi connectivity index (χ2n) is 4.84. The van der Waals surface area contributed by atoms with Crippen molar-refractivity contribution in [3.8, 4) is 0 Å². The summed E-state index contributed by atoms with van der Waals surface area (Å²) in [5, 5.41) is 4.57. The van der Waals surface area contributed by atoms with E-state index in [1.165, 1.54) is 19.3 Å². The van der Waals surface area contributed by atoms with Crippen LogP contribution in [0, 0.1) is 0 Å². The van der Waals surface area contributed by atoms with Gasteiger partial charge in [-0.1, -0.05) is 23.2 Å². The summed E-state index contributed by atoms with van der Waals surface area (Å²) in [4.78, 5) is 6.47. The molecule has 17 heavy (non-hydrogen) atoms. The molecule has 1 aromatic heterocycles. The molecule has 0 spiro atoms. The molecule has 2 aliphatic heterocycles. The molecule has 2 aliphatic rings. The summed E-state index contributed by atoms with van der Waals surface area (Å²) in [7, 11) is 0. The summed E-state index contributed by atoms with van der Waals surface area (Å²) < 4.78 is 0. The van der Waals surface area contributed by atoms with Crippen LogP contribution in [-0.2, 0) is 0 Å². The molecule has 0 amide bonds. The Balaban J connectivity index is 1.81. The van der Waals surface area contributed by atoms with Gasteiger partial charge in [-0.2, -0.15) is 0 Å². The molecule has 2 fully saturated rings. The van der Waals surface area contributed by atoms with E-state index in [4.69, 9.17) is 23.2 Å². The molecule has 1 N–H and O–H groups in total. The van der Waals surface area contributed by atoms with E-state index in [0.29, 0.717) is 22.3 Å². The first-order chi connectivity index (χ1) is 8.22. The molecular weight excluding hydrogens is 257 g/mol. The van der Waals surface area contributed by atoms with Crippen molar-refractivity contribution >= 4 is 28.9 Å². The van der Waals surface area contributed by atoms with Crippen LogP contribution in [-0.4, -0.2) is 30.2 Å². The number of fused-ring (bicyclic) bond motifs is 2. The van der Waals surface area contributed by atoms with E-state index in [0.717, 1.165) is 18.8 Å². The second kappa shape index (κ2) is 4.63. The highest BCUT2D eigenvalue weighted by molar-refractivity contribution is 6.41. The van der Waals surface area contributed by atoms with Crippen molar-refractivity contribution < 1.29 is 0 Å². The number of halogens is 2. The van der Waals surface area contributed by atoms with Gasteiger partial charge >= 0.3 is 0 Å². The van der Waals surface area contributed by atoms with Crippen LogP contribution >= 0.6 is 23.2 Å². The Hall–Kier alpha value is -0.510. The lowest BCUT2D eigenvalue weighted by Crippen LogP contribution is -2.35. The SMILES string of the molecule is Clc1cc(N2CC[C@@H]3CC[C@H](C2)N3)cnc1Cl. The predicted molar refractivity (Wildman–Crippen MR) is 71.0 cm³/mol. The molecule has 3 nitrogen and oxygen atoms in total. The first-order valence-corrected chi connectivity index (χ1v) is 6.80. The largest absolute Gasteiger partial charge is 0.369 e. The molecule has 1 aromatic rings. The van der Waals surface area contributed by atoms with Crippen molar-refractivity contribution in [1.29, 1.82) is 0 Å². The summed E-state index contributed by atoms with van der Waals surface area (Å²) in [6, 6.07) is 3.22. The van der Waals surface area contributed by atoms with Crippen LogP contribution in [0.5, 0.6) is 0 Å². The van der Waals surface area contributed by atoms with E-state index in [1.54, 1.807) is 0 Å². The molecule has 0 radical (unpaired) electrons. The monoisotopic (exact) mass is 271 g/mol. The third-order valence-corrected chi connectivity index (χ3v) is 4.36.